The molecule has 1 saturated heterocycles. The monoisotopic (exact) mass is 437 g/mol. The molecule has 2 aromatic rings. The summed E-state index contributed by atoms with van der Waals surface area (Å²) in [5, 5.41) is 4.67. The van der Waals surface area contributed by atoms with E-state index in [1.807, 2.05) is 49.0 Å². The fourth-order valence-electron chi connectivity index (χ4n) is 5.21. The number of Topliss-reactive ketones (excluding diaryl/α,β-unsaturated/α-hetero) is 1. The van der Waals surface area contributed by atoms with Crippen molar-refractivity contribution in [2.24, 2.45) is 11.8 Å². The fourth-order valence-corrected chi connectivity index (χ4v) is 5.21. The lowest BCUT2D eigenvalue weighted by atomic mass is 9.85. The second kappa shape index (κ2) is 10.4. The van der Waals surface area contributed by atoms with Crippen molar-refractivity contribution in [3.63, 3.8) is 0 Å². The zero-order chi connectivity index (χ0) is 22.5. The summed E-state index contributed by atoms with van der Waals surface area (Å²) in [6.07, 6.45) is 7.31. The van der Waals surface area contributed by atoms with Crippen molar-refractivity contribution in [1.29, 1.82) is 0 Å². The molecule has 0 spiro atoms. The lowest BCUT2D eigenvalue weighted by molar-refractivity contribution is -0.128. The Balaban J connectivity index is 1.48. The summed E-state index contributed by atoms with van der Waals surface area (Å²) in [6, 6.07) is 9.67. The number of nitrogens with zero attached hydrogens (tertiary/aromatic N) is 3. The first-order chi connectivity index (χ1) is 15.5. The molecule has 0 saturated carbocycles. The van der Waals surface area contributed by atoms with E-state index in [4.69, 9.17) is 4.74 Å². The molecule has 1 aliphatic heterocycles. The summed E-state index contributed by atoms with van der Waals surface area (Å²) in [4.78, 5) is 28.3. The van der Waals surface area contributed by atoms with E-state index in [0.29, 0.717) is 5.92 Å². The Morgan fingerprint density at radius 3 is 2.62 bits per heavy atom. The predicted octanol–water partition coefficient (Wildman–Crippen LogP) is 4.13. The Labute approximate surface area is 190 Å². The molecule has 2 aliphatic rings. The van der Waals surface area contributed by atoms with Crippen molar-refractivity contribution in [2.45, 2.75) is 64.8 Å². The van der Waals surface area contributed by atoms with Gasteiger partial charge in [0.05, 0.1) is 12.2 Å². The lowest BCUT2D eigenvalue weighted by Gasteiger charge is -2.29. The van der Waals surface area contributed by atoms with Crippen molar-refractivity contribution in [2.75, 3.05) is 25.2 Å². The molecule has 6 heteroatoms. The number of amides is 1. The molecule has 1 aromatic heterocycles. The summed E-state index contributed by atoms with van der Waals surface area (Å²) in [7, 11) is 1.81. The number of ether oxygens (including phenoxy) is 1. The standard InChI is InChI=1S/C26H35N3O3/c1-19-24-10-6-7-11-25(24)29(27-19)18-23(30)17-21(16-20-12-14-32-15-13-20)26(31)28(2)22-8-4-3-5-9-22/h3-5,8-9,20-21H,6-7,10-18H2,1-2H3/t21-/m1/s1. The minimum Gasteiger partial charge on any atom is -0.381 e. The molecule has 1 fully saturated rings. The van der Waals surface area contributed by atoms with Crippen LogP contribution in [0, 0.1) is 18.8 Å². The van der Waals surface area contributed by atoms with E-state index in [0.717, 1.165) is 63.1 Å². The minimum atomic E-state index is -0.316. The predicted molar refractivity (Wildman–Crippen MR) is 125 cm³/mol. The number of carbonyl (C=O) groups excluding carboxylic acids is 2. The van der Waals surface area contributed by atoms with Crippen molar-refractivity contribution < 1.29 is 14.3 Å². The van der Waals surface area contributed by atoms with Crippen LogP contribution in [-0.2, 0) is 33.7 Å². The quantitative estimate of drug-likeness (QED) is 0.623. The second-order valence-electron chi connectivity index (χ2n) is 9.34. The molecule has 172 valence electrons. The first kappa shape index (κ1) is 22.7. The van der Waals surface area contributed by atoms with Gasteiger partial charge < -0.3 is 9.64 Å². The van der Waals surface area contributed by atoms with Gasteiger partial charge in [0.1, 0.15) is 0 Å². The first-order valence-electron chi connectivity index (χ1n) is 12.0. The maximum absolute atomic E-state index is 13.5. The number of ketones is 1. The van der Waals surface area contributed by atoms with Gasteiger partial charge in [-0.1, -0.05) is 18.2 Å². The van der Waals surface area contributed by atoms with Crippen LogP contribution in [0.15, 0.2) is 30.3 Å². The van der Waals surface area contributed by atoms with Gasteiger partial charge in [-0.2, -0.15) is 5.10 Å². The van der Waals surface area contributed by atoms with Gasteiger partial charge >= 0.3 is 0 Å². The van der Waals surface area contributed by atoms with E-state index in [1.165, 1.54) is 17.7 Å². The van der Waals surface area contributed by atoms with Crippen LogP contribution in [0.2, 0.25) is 0 Å². The SMILES string of the molecule is Cc1nn(CC(=O)C[C@@H](CC2CCOCC2)C(=O)N(C)c2ccccc2)c2c1CCCC2. The van der Waals surface area contributed by atoms with E-state index in [9.17, 15) is 9.59 Å². The van der Waals surface area contributed by atoms with E-state index in [-0.39, 0.29) is 30.6 Å². The van der Waals surface area contributed by atoms with Gasteiger partial charge in [-0.15, -0.1) is 0 Å². The third-order valence-corrected chi connectivity index (χ3v) is 7.04. The van der Waals surface area contributed by atoms with Crippen molar-refractivity contribution in [1.82, 2.24) is 9.78 Å². The smallest absolute Gasteiger partial charge is 0.230 e. The summed E-state index contributed by atoms with van der Waals surface area (Å²) in [5.41, 5.74) is 4.45. The number of fused-ring (bicyclic) bond motifs is 1. The topological polar surface area (TPSA) is 64.4 Å². The van der Waals surface area contributed by atoms with Crippen LogP contribution in [0.1, 0.15) is 55.5 Å². The van der Waals surface area contributed by atoms with Gasteiger partial charge in [0.25, 0.3) is 0 Å². The summed E-state index contributed by atoms with van der Waals surface area (Å²) >= 11 is 0. The molecule has 1 aromatic carbocycles. The number of para-hydroxylation sites is 1. The molecule has 1 atom stereocenters. The number of anilines is 1. The van der Waals surface area contributed by atoms with Gasteiger partial charge in [-0.05, 0) is 75.5 Å². The highest BCUT2D eigenvalue weighted by Gasteiger charge is 2.30. The summed E-state index contributed by atoms with van der Waals surface area (Å²) < 4.78 is 7.41. The highest BCUT2D eigenvalue weighted by Crippen LogP contribution is 2.28. The number of carbonyl (C=O) groups is 2. The van der Waals surface area contributed by atoms with E-state index in [1.54, 1.807) is 4.90 Å². The number of hydrogen-bond acceptors (Lipinski definition) is 4. The summed E-state index contributed by atoms with van der Waals surface area (Å²) in [5.74, 6) is 0.222. The molecule has 32 heavy (non-hydrogen) atoms. The average Bonchev–Trinajstić information content (AvgIpc) is 3.14. The van der Waals surface area contributed by atoms with Gasteiger partial charge in [0.2, 0.25) is 5.91 Å². The molecule has 2 heterocycles. The number of aryl methyl sites for hydroxylation is 1. The Bertz CT molecular complexity index is 931. The Kier molecular flexibility index (Phi) is 7.40. The molecule has 0 radical (unpaired) electrons. The van der Waals surface area contributed by atoms with E-state index in [2.05, 4.69) is 5.10 Å². The van der Waals surface area contributed by atoms with E-state index < -0.39 is 0 Å². The first-order valence-corrected chi connectivity index (χ1v) is 12.0. The number of aromatic nitrogens is 2. The van der Waals surface area contributed by atoms with Crippen molar-refractivity contribution >= 4 is 17.4 Å². The van der Waals surface area contributed by atoms with Gasteiger partial charge in [-0.25, -0.2) is 0 Å². The minimum absolute atomic E-state index is 0.0229. The van der Waals surface area contributed by atoms with Crippen LogP contribution in [-0.4, -0.2) is 41.7 Å². The third kappa shape index (κ3) is 5.29. The summed E-state index contributed by atoms with van der Waals surface area (Å²) in [6.45, 7) is 3.79. The van der Waals surface area contributed by atoms with Gasteiger partial charge in [-0.3, -0.25) is 14.3 Å². The molecule has 0 bridgehead atoms. The molecular weight excluding hydrogens is 402 g/mol. The van der Waals surface area contributed by atoms with Crippen LogP contribution in [0.4, 0.5) is 5.69 Å². The molecular formula is C26H35N3O3. The number of hydrogen-bond donors (Lipinski definition) is 0. The van der Waals surface area contributed by atoms with Crippen LogP contribution in [0.25, 0.3) is 0 Å². The Hall–Kier alpha value is -2.47. The molecule has 0 N–H and O–H groups in total. The molecule has 1 aliphatic carbocycles. The molecule has 1 amide bonds. The van der Waals surface area contributed by atoms with Crippen molar-refractivity contribution in [3.05, 3.63) is 47.3 Å². The Morgan fingerprint density at radius 2 is 1.88 bits per heavy atom. The number of rotatable bonds is 8. The molecule has 4 rings (SSSR count). The molecule has 6 nitrogen and oxygen atoms in total. The van der Waals surface area contributed by atoms with E-state index >= 15 is 0 Å². The molecule has 0 unspecified atom stereocenters. The average molecular weight is 438 g/mol. The zero-order valence-electron chi connectivity index (χ0n) is 19.4. The maximum Gasteiger partial charge on any atom is 0.230 e. The highest BCUT2D eigenvalue weighted by molar-refractivity contribution is 5.97. The van der Waals surface area contributed by atoms with Crippen LogP contribution in [0.3, 0.4) is 0 Å². The highest BCUT2D eigenvalue weighted by atomic mass is 16.5. The van der Waals surface area contributed by atoms with Gasteiger partial charge in [0.15, 0.2) is 5.78 Å². The lowest BCUT2D eigenvalue weighted by Crippen LogP contribution is -2.36. The number of benzene rings is 1. The van der Waals surface area contributed by atoms with Crippen LogP contribution >= 0.6 is 0 Å². The van der Waals surface area contributed by atoms with Crippen molar-refractivity contribution in [3.8, 4) is 0 Å². The van der Waals surface area contributed by atoms with Gasteiger partial charge in [0, 0.05) is 44.0 Å². The third-order valence-electron chi connectivity index (χ3n) is 7.04. The van der Waals surface area contributed by atoms with Crippen LogP contribution in [0.5, 0.6) is 0 Å². The second-order valence-corrected chi connectivity index (χ2v) is 9.34. The largest absolute Gasteiger partial charge is 0.381 e. The maximum atomic E-state index is 13.5. The normalized spacial score (nSPS) is 17.6. The van der Waals surface area contributed by atoms with Crippen LogP contribution < -0.4 is 4.90 Å². The Morgan fingerprint density at radius 1 is 1.16 bits per heavy atom. The fraction of sp³-hybridized carbons (Fsp3) is 0.577. The zero-order valence-corrected chi connectivity index (χ0v) is 19.4.